The maximum Gasteiger partial charge on any atom is 0.490 e. The molecule has 37 heavy (non-hydrogen) atoms. The lowest BCUT2D eigenvalue weighted by molar-refractivity contribution is -0.384. The molecular weight excluding hydrogens is 521 g/mol. The minimum Gasteiger partial charge on any atom is -0.508 e. The van der Waals surface area contributed by atoms with E-state index in [1.54, 1.807) is 47.2 Å². The van der Waals surface area contributed by atoms with Crippen molar-refractivity contribution in [2.75, 3.05) is 13.6 Å². The number of aromatic nitrogens is 1. The standard InChI is InChI=1S/C22H19F2N3O2S.C2HF3O2/c1-26(11-17-12-30-13-25-17)22(29)27-10-15(19-9-16(23)5-6-20(19)24)8-21(27)14-3-2-4-18(28)7-14;3-2(4,5)1(6)7/h2-9,12-13,21,28H,10-11H2,1H3;(H,6,7)/p+1. The molecule has 2 heterocycles. The van der Waals surface area contributed by atoms with Gasteiger partial charge in [-0.05, 0) is 41.5 Å². The van der Waals surface area contributed by atoms with Gasteiger partial charge in [-0.25, -0.2) is 23.4 Å². The van der Waals surface area contributed by atoms with Crippen molar-refractivity contribution in [3.05, 3.63) is 87.9 Å². The van der Waals surface area contributed by atoms with Gasteiger partial charge in [-0.3, -0.25) is 0 Å². The van der Waals surface area contributed by atoms with Crippen LogP contribution in [-0.2, 0) is 11.3 Å². The van der Waals surface area contributed by atoms with Crippen molar-refractivity contribution < 1.29 is 46.7 Å². The SMILES string of the molecule is CN(Cc1csc[nH+]1)C(=O)N1CC(c2cc(F)ccc2F)=CC1c1cccc(O)c1.O=C(O)C(F)(F)F. The number of halogens is 5. The number of alkyl halides is 3. The second kappa shape index (κ2) is 11.4. The van der Waals surface area contributed by atoms with Gasteiger partial charge in [-0.2, -0.15) is 13.2 Å². The first-order chi connectivity index (χ1) is 17.4. The number of hydrogen-bond donors (Lipinski definition) is 2. The molecule has 3 N–H and O–H groups in total. The lowest BCUT2D eigenvalue weighted by Gasteiger charge is -2.29. The molecule has 196 valence electrons. The van der Waals surface area contributed by atoms with E-state index in [0.29, 0.717) is 17.7 Å². The number of carboxylic acids is 1. The van der Waals surface area contributed by atoms with Crippen LogP contribution in [0.3, 0.4) is 0 Å². The lowest BCUT2D eigenvalue weighted by atomic mass is 10.0. The summed E-state index contributed by atoms with van der Waals surface area (Å²) in [4.78, 5) is 28.4. The number of aliphatic carboxylic acids is 1. The molecule has 0 spiro atoms. The number of benzene rings is 2. The molecule has 1 aliphatic heterocycles. The number of H-pyrrole nitrogens is 1. The van der Waals surface area contributed by atoms with Gasteiger partial charge in [0.15, 0.2) is 0 Å². The number of carboxylic acid groups (broad SMARTS) is 1. The highest BCUT2D eigenvalue weighted by Gasteiger charge is 2.38. The Labute approximate surface area is 211 Å². The van der Waals surface area contributed by atoms with E-state index >= 15 is 0 Å². The van der Waals surface area contributed by atoms with Crippen molar-refractivity contribution in [1.29, 1.82) is 0 Å². The molecule has 7 nitrogen and oxygen atoms in total. The normalized spacial score (nSPS) is 15.0. The predicted octanol–water partition coefficient (Wildman–Crippen LogP) is 4.87. The molecule has 2 aromatic carbocycles. The molecule has 0 radical (unpaired) electrons. The van der Waals surface area contributed by atoms with Crippen LogP contribution in [0.2, 0.25) is 0 Å². The third kappa shape index (κ3) is 7.03. The largest absolute Gasteiger partial charge is 0.508 e. The average molecular weight is 543 g/mol. The summed E-state index contributed by atoms with van der Waals surface area (Å²) in [6, 6.07) is 9.09. The zero-order chi connectivity index (χ0) is 27.3. The van der Waals surface area contributed by atoms with Crippen molar-refractivity contribution in [2.45, 2.75) is 18.8 Å². The number of phenolic OH excluding ortho intramolecular Hbond substituents is 1. The summed E-state index contributed by atoms with van der Waals surface area (Å²) >= 11 is 1.50. The summed E-state index contributed by atoms with van der Waals surface area (Å²) in [7, 11) is 1.69. The molecule has 0 bridgehead atoms. The quantitative estimate of drug-likeness (QED) is 0.460. The summed E-state index contributed by atoms with van der Waals surface area (Å²) in [5.41, 5.74) is 4.05. The molecule has 4 rings (SSSR count). The number of hydrogen-bond acceptors (Lipinski definition) is 4. The van der Waals surface area contributed by atoms with Crippen LogP contribution in [0.1, 0.15) is 22.9 Å². The minimum absolute atomic E-state index is 0.0694. The number of urea groups is 1. The molecule has 0 aliphatic carbocycles. The van der Waals surface area contributed by atoms with Crippen molar-refractivity contribution in [3.8, 4) is 5.75 Å². The highest BCUT2D eigenvalue weighted by atomic mass is 32.1. The van der Waals surface area contributed by atoms with Crippen molar-refractivity contribution >= 4 is 28.9 Å². The molecule has 3 aromatic rings. The van der Waals surface area contributed by atoms with Gasteiger partial charge in [0.2, 0.25) is 11.2 Å². The van der Waals surface area contributed by atoms with Crippen LogP contribution in [0.25, 0.3) is 5.57 Å². The number of aromatic hydroxyl groups is 1. The van der Waals surface area contributed by atoms with Crippen LogP contribution in [0.5, 0.6) is 5.75 Å². The smallest absolute Gasteiger partial charge is 0.490 e. The van der Waals surface area contributed by atoms with Gasteiger partial charge >= 0.3 is 18.2 Å². The lowest BCUT2D eigenvalue weighted by Crippen LogP contribution is -2.41. The second-order valence-corrected chi connectivity index (χ2v) is 8.71. The molecule has 1 aliphatic rings. The number of rotatable bonds is 4. The number of nitrogens with one attached hydrogen (secondary N) is 1. The van der Waals surface area contributed by atoms with Gasteiger partial charge in [0.25, 0.3) is 0 Å². The van der Waals surface area contributed by atoms with E-state index < -0.39 is 29.8 Å². The maximum absolute atomic E-state index is 14.4. The first-order valence-electron chi connectivity index (χ1n) is 10.6. The van der Waals surface area contributed by atoms with E-state index in [9.17, 15) is 31.9 Å². The zero-order valence-electron chi connectivity index (χ0n) is 19.2. The molecule has 1 aromatic heterocycles. The molecule has 0 fully saturated rings. The van der Waals surface area contributed by atoms with Crippen LogP contribution in [-0.4, -0.2) is 51.8 Å². The summed E-state index contributed by atoms with van der Waals surface area (Å²) in [5, 5.41) is 18.9. The topological polar surface area (TPSA) is 95.2 Å². The highest BCUT2D eigenvalue weighted by Crippen LogP contribution is 2.37. The average Bonchev–Trinajstić information content (AvgIpc) is 3.50. The number of nitrogens with zero attached hydrogens (tertiary/aromatic N) is 2. The molecule has 0 saturated heterocycles. The fourth-order valence-corrected chi connectivity index (χ4v) is 4.18. The van der Waals surface area contributed by atoms with E-state index in [-0.39, 0.29) is 23.9 Å². The van der Waals surface area contributed by atoms with E-state index in [2.05, 4.69) is 4.98 Å². The Morgan fingerprint density at radius 2 is 1.89 bits per heavy atom. The van der Waals surface area contributed by atoms with Gasteiger partial charge < -0.3 is 20.0 Å². The van der Waals surface area contributed by atoms with Crippen LogP contribution >= 0.6 is 11.3 Å². The van der Waals surface area contributed by atoms with Gasteiger partial charge in [0, 0.05) is 19.2 Å². The number of carbonyl (C=O) groups is 2. The third-order valence-electron chi connectivity index (χ3n) is 5.27. The third-order valence-corrected chi connectivity index (χ3v) is 5.94. The van der Waals surface area contributed by atoms with Crippen molar-refractivity contribution in [3.63, 3.8) is 0 Å². The van der Waals surface area contributed by atoms with Crippen molar-refractivity contribution in [1.82, 2.24) is 9.80 Å². The van der Waals surface area contributed by atoms with Crippen molar-refractivity contribution in [2.24, 2.45) is 0 Å². The second-order valence-electron chi connectivity index (χ2n) is 7.97. The molecule has 13 heteroatoms. The van der Waals surface area contributed by atoms with E-state index in [4.69, 9.17) is 9.90 Å². The Balaban J connectivity index is 0.000000479. The van der Waals surface area contributed by atoms with Crippen LogP contribution < -0.4 is 4.98 Å². The summed E-state index contributed by atoms with van der Waals surface area (Å²) < 4.78 is 59.9. The minimum atomic E-state index is -5.08. The Hall–Kier alpha value is -4.00. The Morgan fingerprint density at radius 3 is 2.49 bits per heavy atom. The van der Waals surface area contributed by atoms with Crippen LogP contribution in [0.4, 0.5) is 26.7 Å². The molecule has 0 saturated carbocycles. The van der Waals surface area contributed by atoms with Gasteiger partial charge in [-0.15, -0.1) is 0 Å². The van der Waals surface area contributed by atoms with Crippen LogP contribution in [0.15, 0.2) is 59.4 Å². The number of thiazole rings is 1. The first-order valence-corrected chi connectivity index (χ1v) is 11.5. The molecule has 1 unspecified atom stereocenters. The van der Waals surface area contributed by atoms with Crippen LogP contribution in [0, 0.1) is 11.6 Å². The first kappa shape index (κ1) is 27.6. The summed E-state index contributed by atoms with van der Waals surface area (Å²) in [6.45, 7) is 0.506. The van der Waals surface area contributed by atoms with Gasteiger partial charge in [0.05, 0.1) is 11.4 Å². The van der Waals surface area contributed by atoms with E-state index in [1.165, 1.54) is 11.3 Å². The summed E-state index contributed by atoms with van der Waals surface area (Å²) in [6.07, 6.45) is -3.34. The fraction of sp³-hybridized carbons (Fsp3) is 0.208. The monoisotopic (exact) mass is 542 g/mol. The number of amides is 2. The van der Waals surface area contributed by atoms with Gasteiger partial charge in [0.1, 0.15) is 23.9 Å². The fourth-order valence-electron chi connectivity index (χ4n) is 3.59. The predicted molar refractivity (Wildman–Crippen MR) is 123 cm³/mol. The van der Waals surface area contributed by atoms with E-state index in [1.807, 2.05) is 10.9 Å². The zero-order valence-corrected chi connectivity index (χ0v) is 20.0. The van der Waals surface area contributed by atoms with Gasteiger partial charge in [-0.1, -0.05) is 29.5 Å². The Bertz CT molecular complexity index is 1300. The molecule has 1 atom stereocenters. The highest BCUT2D eigenvalue weighted by molar-refractivity contribution is 7.07. The Kier molecular flexibility index (Phi) is 8.48. The Morgan fingerprint density at radius 1 is 1.19 bits per heavy atom. The maximum atomic E-state index is 14.4. The molecular formula is C24H21F5N3O4S+. The van der Waals surface area contributed by atoms with E-state index in [0.717, 1.165) is 23.9 Å². The summed E-state index contributed by atoms with van der Waals surface area (Å²) in [5.74, 6) is -3.78. The number of phenols is 1. The number of carbonyl (C=O) groups excluding carboxylic acids is 1. The molecule has 2 amide bonds. The number of aromatic amines is 1.